The molecule has 98 valence electrons. The van der Waals surface area contributed by atoms with Crippen LogP contribution in [0.1, 0.15) is 36.8 Å². The first-order valence-corrected chi connectivity index (χ1v) is 6.58. The van der Waals surface area contributed by atoms with E-state index in [1.54, 1.807) is 0 Å². The monoisotopic (exact) mass is 246 g/mol. The molecule has 2 rings (SSSR count). The molecule has 0 heterocycles. The quantitative estimate of drug-likeness (QED) is 0.325. The Balaban J connectivity index is 2.12. The van der Waals surface area contributed by atoms with Crippen LogP contribution in [-0.2, 0) is 0 Å². The van der Waals surface area contributed by atoms with Crippen LogP contribution < -0.4 is 16.6 Å². The molecular formula is C14H22N4. The number of hydrazine groups is 1. The molecule has 0 aromatic heterocycles. The van der Waals surface area contributed by atoms with E-state index in [0.717, 1.165) is 5.69 Å². The van der Waals surface area contributed by atoms with E-state index >= 15 is 0 Å². The van der Waals surface area contributed by atoms with Crippen molar-refractivity contribution < 1.29 is 0 Å². The lowest BCUT2D eigenvalue weighted by atomic mass is 10.1. The fraction of sp³-hybridized carbons (Fsp3) is 0.500. The normalized spacial score (nSPS) is 16.9. The molecule has 0 saturated heterocycles. The standard InChI is InChI=1S/C14H22N4/c1-10-6-5-9-13(11(10)2)17-14(18-15)16-12-7-3-4-8-12/h5-6,9,12H,3-4,7-8,15H2,1-2H3,(H2,16,17,18). The van der Waals surface area contributed by atoms with Gasteiger partial charge in [-0.15, -0.1) is 0 Å². The third-order valence-corrected chi connectivity index (χ3v) is 3.63. The number of hydrogen-bond donors (Lipinski definition) is 3. The average Bonchev–Trinajstić information content (AvgIpc) is 2.86. The fourth-order valence-corrected chi connectivity index (χ4v) is 2.34. The number of benzene rings is 1. The first kappa shape index (κ1) is 12.9. The smallest absolute Gasteiger partial charge is 0.210 e. The lowest BCUT2D eigenvalue weighted by Crippen LogP contribution is -2.37. The SMILES string of the molecule is Cc1cccc(NC(=NC2CCCC2)NN)c1C. The molecule has 0 spiro atoms. The van der Waals surface area contributed by atoms with Gasteiger partial charge in [0, 0.05) is 5.69 Å². The molecular weight excluding hydrogens is 224 g/mol. The highest BCUT2D eigenvalue weighted by atomic mass is 15.3. The van der Waals surface area contributed by atoms with E-state index in [-0.39, 0.29) is 0 Å². The Morgan fingerprint density at radius 3 is 2.67 bits per heavy atom. The summed E-state index contributed by atoms with van der Waals surface area (Å²) in [6, 6.07) is 6.59. The predicted molar refractivity (Wildman–Crippen MR) is 76.6 cm³/mol. The summed E-state index contributed by atoms with van der Waals surface area (Å²) in [5.74, 6) is 6.21. The van der Waals surface area contributed by atoms with E-state index in [4.69, 9.17) is 5.84 Å². The van der Waals surface area contributed by atoms with Gasteiger partial charge >= 0.3 is 0 Å². The number of aliphatic imine (C=N–C) groups is 1. The second kappa shape index (κ2) is 5.87. The lowest BCUT2D eigenvalue weighted by molar-refractivity contribution is 0.700. The molecule has 0 amide bonds. The third-order valence-electron chi connectivity index (χ3n) is 3.63. The van der Waals surface area contributed by atoms with Crippen LogP contribution in [0.25, 0.3) is 0 Å². The van der Waals surface area contributed by atoms with Crippen molar-refractivity contribution in [2.24, 2.45) is 10.8 Å². The van der Waals surface area contributed by atoms with Crippen LogP contribution in [0.3, 0.4) is 0 Å². The number of hydrogen-bond acceptors (Lipinski definition) is 2. The average molecular weight is 246 g/mol. The van der Waals surface area contributed by atoms with Gasteiger partial charge in [-0.3, -0.25) is 5.43 Å². The van der Waals surface area contributed by atoms with E-state index in [2.05, 4.69) is 35.6 Å². The fourth-order valence-electron chi connectivity index (χ4n) is 2.34. The minimum Gasteiger partial charge on any atom is -0.325 e. The van der Waals surface area contributed by atoms with E-state index in [1.165, 1.54) is 36.8 Å². The Labute approximate surface area is 109 Å². The molecule has 1 aliphatic rings. The molecule has 0 bridgehead atoms. The molecule has 4 heteroatoms. The van der Waals surface area contributed by atoms with Crippen molar-refractivity contribution in [3.05, 3.63) is 29.3 Å². The van der Waals surface area contributed by atoms with Crippen LogP contribution in [0.2, 0.25) is 0 Å². The van der Waals surface area contributed by atoms with Gasteiger partial charge < -0.3 is 5.32 Å². The summed E-state index contributed by atoms with van der Waals surface area (Å²) in [6.45, 7) is 4.20. The van der Waals surface area contributed by atoms with Crippen molar-refractivity contribution in [1.82, 2.24) is 5.43 Å². The second-order valence-electron chi connectivity index (χ2n) is 4.93. The van der Waals surface area contributed by atoms with Gasteiger partial charge in [-0.05, 0) is 43.9 Å². The zero-order chi connectivity index (χ0) is 13.0. The Kier molecular flexibility index (Phi) is 4.20. The molecule has 1 aromatic carbocycles. The van der Waals surface area contributed by atoms with E-state index < -0.39 is 0 Å². The minimum atomic E-state index is 0.411. The summed E-state index contributed by atoms with van der Waals surface area (Å²) in [5, 5.41) is 3.28. The highest BCUT2D eigenvalue weighted by Crippen LogP contribution is 2.22. The highest BCUT2D eigenvalue weighted by molar-refractivity contribution is 5.94. The zero-order valence-electron chi connectivity index (χ0n) is 11.2. The van der Waals surface area contributed by atoms with Crippen LogP contribution >= 0.6 is 0 Å². The van der Waals surface area contributed by atoms with Crippen LogP contribution in [0.5, 0.6) is 0 Å². The van der Waals surface area contributed by atoms with Crippen molar-refractivity contribution in [2.45, 2.75) is 45.6 Å². The highest BCUT2D eigenvalue weighted by Gasteiger charge is 2.14. The van der Waals surface area contributed by atoms with Gasteiger partial charge in [0.25, 0.3) is 0 Å². The molecule has 0 unspecified atom stereocenters. The number of rotatable bonds is 2. The van der Waals surface area contributed by atoms with Crippen LogP contribution in [0, 0.1) is 13.8 Å². The third kappa shape index (κ3) is 3.01. The molecule has 18 heavy (non-hydrogen) atoms. The predicted octanol–water partition coefficient (Wildman–Crippen LogP) is 2.48. The molecule has 1 aliphatic carbocycles. The Morgan fingerprint density at radius 1 is 1.28 bits per heavy atom. The molecule has 4 nitrogen and oxygen atoms in total. The molecule has 0 radical (unpaired) electrons. The van der Waals surface area contributed by atoms with Crippen LogP contribution in [0.4, 0.5) is 5.69 Å². The van der Waals surface area contributed by atoms with Crippen molar-refractivity contribution in [3.63, 3.8) is 0 Å². The molecule has 4 N–H and O–H groups in total. The number of anilines is 1. The summed E-state index contributed by atoms with van der Waals surface area (Å²) in [6.07, 6.45) is 4.88. The first-order chi connectivity index (χ1) is 8.70. The molecule has 1 aromatic rings. The molecule has 1 fully saturated rings. The molecule has 0 aliphatic heterocycles. The summed E-state index contributed by atoms with van der Waals surface area (Å²) in [5.41, 5.74) is 6.21. The van der Waals surface area contributed by atoms with Gasteiger partial charge in [0.2, 0.25) is 5.96 Å². The number of guanidine groups is 1. The van der Waals surface area contributed by atoms with Crippen LogP contribution in [-0.4, -0.2) is 12.0 Å². The van der Waals surface area contributed by atoms with Gasteiger partial charge in [0.05, 0.1) is 6.04 Å². The summed E-state index contributed by atoms with van der Waals surface area (Å²) in [7, 11) is 0. The van der Waals surface area contributed by atoms with Gasteiger partial charge in [-0.25, -0.2) is 10.8 Å². The maximum absolute atomic E-state index is 5.54. The van der Waals surface area contributed by atoms with Gasteiger partial charge in [0.15, 0.2) is 0 Å². The zero-order valence-corrected chi connectivity index (χ0v) is 11.2. The summed E-state index contributed by atoms with van der Waals surface area (Å²) < 4.78 is 0. The van der Waals surface area contributed by atoms with Crippen LogP contribution in [0.15, 0.2) is 23.2 Å². The Morgan fingerprint density at radius 2 is 2.00 bits per heavy atom. The Bertz CT molecular complexity index is 433. The minimum absolute atomic E-state index is 0.411. The number of aryl methyl sites for hydroxylation is 1. The van der Waals surface area contributed by atoms with E-state index in [0.29, 0.717) is 12.0 Å². The topological polar surface area (TPSA) is 62.4 Å². The largest absolute Gasteiger partial charge is 0.325 e. The molecule has 0 atom stereocenters. The lowest BCUT2D eigenvalue weighted by Gasteiger charge is -2.14. The maximum atomic E-state index is 5.54. The summed E-state index contributed by atoms with van der Waals surface area (Å²) >= 11 is 0. The van der Waals surface area contributed by atoms with Crippen molar-refractivity contribution in [2.75, 3.05) is 5.32 Å². The van der Waals surface area contributed by atoms with Gasteiger partial charge in [-0.1, -0.05) is 25.0 Å². The second-order valence-corrected chi connectivity index (χ2v) is 4.93. The van der Waals surface area contributed by atoms with Gasteiger partial charge in [0.1, 0.15) is 0 Å². The van der Waals surface area contributed by atoms with E-state index in [1.807, 2.05) is 12.1 Å². The van der Waals surface area contributed by atoms with Crippen molar-refractivity contribution >= 4 is 11.6 Å². The molecule has 1 saturated carbocycles. The van der Waals surface area contributed by atoms with Crippen molar-refractivity contribution in [3.8, 4) is 0 Å². The van der Waals surface area contributed by atoms with Gasteiger partial charge in [-0.2, -0.15) is 0 Å². The number of nitrogens with one attached hydrogen (secondary N) is 2. The number of nitrogens with zero attached hydrogens (tertiary/aromatic N) is 1. The number of nitrogens with two attached hydrogens (primary N) is 1. The van der Waals surface area contributed by atoms with Crippen molar-refractivity contribution in [1.29, 1.82) is 0 Å². The Hall–Kier alpha value is -1.55. The summed E-state index contributed by atoms with van der Waals surface area (Å²) in [4.78, 5) is 4.63. The first-order valence-electron chi connectivity index (χ1n) is 6.58. The van der Waals surface area contributed by atoms with E-state index in [9.17, 15) is 0 Å². The maximum Gasteiger partial charge on any atom is 0.210 e.